The van der Waals surface area contributed by atoms with Gasteiger partial charge in [-0.3, -0.25) is 14.2 Å². The summed E-state index contributed by atoms with van der Waals surface area (Å²) in [6.07, 6.45) is 3.14. The van der Waals surface area contributed by atoms with E-state index < -0.39 is 28.0 Å². The van der Waals surface area contributed by atoms with Crippen LogP contribution in [0, 0.1) is 5.92 Å². The Morgan fingerprint density at radius 3 is 2.08 bits per heavy atom. The van der Waals surface area contributed by atoms with E-state index >= 15 is 0 Å². The predicted molar refractivity (Wildman–Crippen MR) is 147 cm³/mol. The second-order valence-electron chi connectivity index (χ2n) is 8.39. The summed E-state index contributed by atoms with van der Waals surface area (Å²) in [5, 5.41) is 14.2. The summed E-state index contributed by atoms with van der Waals surface area (Å²) in [5.74, 6) is -2.10. The molecule has 7 nitrogen and oxygen atoms in total. The lowest BCUT2D eigenvalue weighted by Crippen LogP contribution is -2.18. The number of benzene rings is 3. The fraction of sp³-hybridized carbons (Fsp3) is 0.120. The fourth-order valence-electron chi connectivity index (χ4n) is 4.07. The van der Waals surface area contributed by atoms with Crippen molar-refractivity contribution in [2.24, 2.45) is 5.92 Å². The highest BCUT2D eigenvalue weighted by Gasteiger charge is 2.67. The Hall–Kier alpha value is -2.81. The molecule has 1 heterocycles. The number of anilines is 2. The number of nitrogens with zero attached hydrogens (tertiary/aromatic N) is 3. The van der Waals surface area contributed by atoms with Crippen LogP contribution in [0.25, 0.3) is 5.69 Å². The van der Waals surface area contributed by atoms with E-state index in [4.69, 9.17) is 58.0 Å². The molecular weight excluding hydrogens is 580 g/mol. The zero-order valence-electron chi connectivity index (χ0n) is 18.6. The minimum absolute atomic E-state index is 0.180. The second-order valence-corrected chi connectivity index (χ2v) is 11.1. The molecule has 5 rings (SSSR count). The molecule has 12 heteroatoms. The summed E-state index contributed by atoms with van der Waals surface area (Å²) < 4.78 is 0.403. The number of rotatable bonds is 6. The predicted octanol–water partition coefficient (Wildman–Crippen LogP) is 7.01. The number of aromatic nitrogens is 3. The van der Waals surface area contributed by atoms with Gasteiger partial charge in [-0.15, -0.1) is 33.4 Å². The first-order valence-electron chi connectivity index (χ1n) is 10.8. The van der Waals surface area contributed by atoms with Gasteiger partial charge in [-0.05, 0) is 66.2 Å². The average Bonchev–Trinajstić information content (AvgIpc) is 3.16. The van der Waals surface area contributed by atoms with Gasteiger partial charge >= 0.3 is 0 Å². The van der Waals surface area contributed by atoms with Crippen LogP contribution in [0.15, 0.2) is 73.3 Å². The quantitative estimate of drug-likeness (QED) is 0.235. The highest BCUT2D eigenvalue weighted by Crippen LogP contribution is 2.65. The zero-order valence-corrected chi connectivity index (χ0v) is 22.4. The number of carbonyl (C=O) groups excluding carboxylic acids is 2. The van der Waals surface area contributed by atoms with Gasteiger partial charge in [-0.1, -0.05) is 34.8 Å². The van der Waals surface area contributed by atoms with Crippen molar-refractivity contribution in [3.05, 3.63) is 99.5 Å². The van der Waals surface area contributed by atoms with E-state index in [-0.39, 0.29) is 10.6 Å². The Bertz CT molecular complexity index is 1470. The maximum absolute atomic E-state index is 13.0. The van der Waals surface area contributed by atoms with Gasteiger partial charge in [0.1, 0.15) is 17.0 Å². The van der Waals surface area contributed by atoms with Crippen LogP contribution < -0.4 is 10.6 Å². The van der Waals surface area contributed by atoms with E-state index in [2.05, 4.69) is 20.8 Å². The van der Waals surface area contributed by atoms with Crippen molar-refractivity contribution < 1.29 is 9.59 Å². The number of hydrogen-bond donors (Lipinski definition) is 2. The third kappa shape index (κ3) is 5.42. The van der Waals surface area contributed by atoms with E-state index in [1.165, 1.54) is 12.1 Å². The summed E-state index contributed by atoms with van der Waals surface area (Å²) in [7, 11) is 0. The van der Waals surface area contributed by atoms with Crippen molar-refractivity contribution >= 4 is 81.2 Å². The molecule has 1 aromatic heterocycles. The van der Waals surface area contributed by atoms with E-state index in [1.807, 2.05) is 0 Å². The van der Waals surface area contributed by atoms with Crippen LogP contribution in [0.5, 0.6) is 0 Å². The van der Waals surface area contributed by atoms with Gasteiger partial charge in [-0.25, -0.2) is 0 Å². The Morgan fingerprint density at radius 1 is 0.811 bits per heavy atom. The monoisotopic (exact) mass is 593 g/mol. The molecule has 0 spiro atoms. The van der Waals surface area contributed by atoms with Crippen LogP contribution in [0.1, 0.15) is 21.8 Å². The lowest BCUT2D eigenvalue weighted by atomic mass is 10.1. The second kappa shape index (κ2) is 10.2. The Kier molecular flexibility index (Phi) is 7.09. The molecule has 2 unspecified atom stereocenters. The maximum atomic E-state index is 13.0. The van der Waals surface area contributed by atoms with Gasteiger partial charge in [0.15, 0.2) is 0 Å². The van der Waals surface area contributed by atoms with Crippen LogP contribution in [0.3, 0.4) is 0 Å². The Morgan fingerprint density at radius 2 is 1.43 bits per heavy atom. The number of hydrogen-bond acceptors (Lipinski definition) is 4. The third-order valence-electron chi connectivity index (χ3n) is 5.90. The van der Waals surface area contributed by atoms with Crippen LogP contribution in [0.2, 0.25) is 15.1 Å². The summed E-state index contributed by atoms with van der Waals surface area (Å²) in [6, 6.07) is 16.6. The van der Waals surface area contributed by atoms with Crippen molar-refractivity contribution in [3.63, 3.8) is 0 Å². The SMILES string of the molecule is O=C(Nc1ccc(-n2cnnc2)cc1)c1cc(NC(=O)C2C(c3cc(Cl)cc(Cl)c3)C2(Cl)Cl)ccc1Cl. The summed E-state index contributed by atoms with van der Waals surface area (Å²) in [6.45, 7) is 0. The molecule has 1 fully saturated rings. The summed E-state index contributed by atoms with van der Waals surface area (Å²) >= 11 is 31.4. The molecule has 0 aliphatic heterocycles. The number of alkyl halides is 2. The van der Waals surface area contributed by atoms with Crippen molar-refractivity contribution in [1.82, 2.24) is 14.8 Å². The van der Waals surface area contributed by atoms with E-state index in [9.17, 15) is 9.59 Å². The topological polar surface area (TPSA) is 88.9 Å². The Balaban J connectivity index is 1.29. The van der Waals surface area contributed by atoms with E-state index in [0.717, 1.165) is 5.69 Å². The van der Waals surface area contributed by atoms with Gasteiger partial charge < -0.3 is 10.6 Å². The van der Waals surface area contributed by atoms with Gasteiger partial charge in [0.25, 0.3) is 5.91 Å². The van der Waals surface area contributed by atoms with Crippen molar-refractivity contribution in [2.75, 3.05) is 10.6 Å². The summed E-state index contributed by atoms with van der Waals surface area (Å²) in [4.78, 5) is 26.0. The molecule has 37 heavy (non-hydrogen) atoms. The molecule has 2 atom stereocenters. The normalized spacial score (nSPS) is 17.8. The molecule has 2 amide bonds. The lowest BCUT2D eigenvalue weighted by Gasteiger charge is -2.11. The third-order valence-corrected chi connectivity index (χ3v) is 7.61. The first kappa shape index (κ1) is 25.8. The number of nitrogens with one attached hydrogen (secondary N) is 2. The van der Waals surface area contributed by atoms with Gasteiger partial charge in [0.05, 0.1) is 16.5 Å². The molecule has 4 aromatic rings. The first-order valence-corrected chi connectivity index (χ1v) is 12.7. The number of amides is 2. The molecule has 1 aliphatic rings. The van der Waals surface area contributed by atoms with Crippen molar-refractivity contribution in [3.8, 4) is 5.69 Å². The number of halogens is 5. The van der Waals surface area contributed by atoms with Crippen molar-refractivity contribution in [2.45, 2.75) is 10.3 Å². The Labute approximate surface area is 236 Å². The highest BCUT2D eigenvalue weighted by atomic mass is 35.5. The minimum Gasteiger partial charge on any atom is -0.326 e. The molecule has 188 valence electrons. The minimum atomic E-state index is -1.33. The number of carbonyl (C=O) groups is 2. The largest absolute Gasteiger partial charge is 0.326 e. The van der Waals surface area contributed by atoms with E-state index in [1.54, 1.807) is 65.8 Å². The van der Waals surface area contributed by atoms with Gasteiger partial charge in [0.2, 0.25) is 5.91 Å². The molecule has 3 aromatic carbocycles. The fourth-order valence-corrected chi connectivity index (χ4v) is 5.64. The lowest BCUT2D eigenvalue weighted by molar-refractivity contribution is -0.117. The molecule has 0 bridgehead atoms. The molecule has 1 saturated carbocycles. The maximum Gasteiger partial charge on any atom is 0.257 e. The molecule has 2 N–H and O–H groups in total. The van der Waals surface area contributed by atoms with Crippen LogP contribution >= 0.6 is 58.0 Å². The van der Waals surface area contributed by atoms with E-state index in [0.29, 0.717) is 27.0 Å². The van der Waals surface area contributed by atoms with Crippen LogP contribution in [-0.2, 0) is 4.79 Å². The average molecular weight is 596 g/mol. The standard InChI is InChI=1S/C25H16Cl5N5O2/c26-14-7-13(8-15(27)9-14)21-22(25(21,29)30)24(37)34-17-3-6-20(28)19(10-17)23(36)33-16-1-4-18(5-2-16)35-11-31-32-12-35/h1-12,21-22H,(H,33,36)(H,34,37). The smallest absolute Gasteiger partial charge is 0.257 e. The van der Waals surface area contributed by atoms with Crippen LogP contribution in [0.4, 0.5) is 11.4 Å². The molecule has 0 radical (unpaired) electrons. The van der Waals surface area contributed by atoms with Gasteiger partial charge in [-0.2, -0.15) is 0 Å². The summed E-state index contributed by atoms with van der Waals surface area (Å²) in [5.41, 5.74) is 2.59. The van der Waals surface area contributed by atoms with Crippen molar-refractivity contribution in [1.29, 1.82) is 0 Å². The van der Waals surface area contributed by atoms with Crippen LogP contribution in [-0.4, -0.2) is 30.9 Å². The molecule has 0 saturated heterocycles. The zero-order chi connectivity index (χ0) is 26.3. The highest BCUT2D eigenvalue weighted by molar-refractivity contribution is 6.53. The first-order chi connectivity index (χ1) is 17.6. The van der Waals surface area contributed by atoms with Gasteiger partial charge in [0, 0.05) is 33.0 Å². The molecule has 1 aliphatic carbocycles. The molecular formula is C25H16Cl5N5O2.